The van der Waals surface area contributed by atoms with E-state index in [1.165, 1.54) is 11.3 Å². The van der Waals surface area contributed by atoms with E-state index in [-0.39, 0.29) is 5.91 Å². The summed E-state index contributed by atoms with van der Waals surface area (Å²) in [6.07, 6.45) is 0. The van der Waals surface area contributed by atoms with E-state index in [0.29, 0.717) is 28.8 Å². The predicted molar refractivity (Wildman–Crippen MR) is 127 cm³/mol. The molecule has 4 aromatic rings. The Kier molecular flexibility index (Phi) is 5.95. The molecule has 5 nitrogen and oxygen atoms in total. The lowest BCUT2D eigenvalue weighted by molar-refractivity contribution is 0.0985. The van der Waals surface area contributed by atoms with Crippen LogP contribution in [0.4, 0.5) is 5.13 Å². The van der Waals surface area contributed by atoms with Crippen LogP contribution in [0.15, 0.2) is 46.9 Å². The number of aryl methyl sites for hydroxylation is 3. The molecule has 154 valence electrons. The molecule has 0 spiro atoms. The fourth-order valence-corrected chi connectivity index (χ4v) is 4.80. The van der Waals surface area contributed by atoms with Gasteiger partial charge in [0.25, 0.3) is 5.91 Å². The van der Waals surface area contributed by atoms with Gasteiger partial charge in [0.15, 0.2) is 5.13 Å². The number of thiazole rings is 1. The SMILES string of the molecule is Cc1cc(C)n(CCN(C(=O)c2ccc(Br)cc2)c2nc3c(C)c(Cl)ccc3s2)n1. The predicted octanol–water partition coefficient (Wildman–Crippen LogP) is 6.18. The molecule has 0 aliphatic carbocycles. The molecule has 0 fully saturated rings. The number of amides is 1. The Morgan fingerprint density at radius 1 is 1.17 bits per heavy atom. The summed E-state index contributed by atoms with van der Waals surface area (Å²) in [4.78, 5) is 19.9. The number of hydrogen-bond donors (Lipinski definition) is 0. The highest BCUT2D eigenvalue weighted by Gasteiger charge is 2.22. The number of fused-ring (bicyclic) bond motifs is 1. The Balaban J connectivity index is 1.72. The van der Waals surface area contributed by atoms with Crippen LogP contribution in [0.3, 0.4) is 0 Å². The number of carbonyl (C=O) groups is 1. The number of halogens is 2. The molecule has 30 heavy (non-hydrogen) atoms. The van der Waals surface area contributed by atoms with Crippen molar-refractivity contribution in [3.63, 3.8) is 0 Å². The number of aromatic nitrogens is 3. The number of benzene rings is 2. The van der Waals surface area contributed by atoms with Crippen molar-refractivity contribution in [1.82, 2.24) is 14.8 Å². The Hall–Kier alpha value is -2.22. The van der Waals surface area contributed by atoms with E-state index in [2.05, 4.69) is 21.0 Å². The van der Waals surface area contributed by atoms with Gasteiger partial charge in [-0.2, -0.15) is 5.10 Å². The van der Waals surface area contributed by atoms with Crippen molar-refractivity contribution >= 4 is 60.1 Å². The Labute approximate surface area is 192 Å². The monoisotopic (exact) mass is 502 g/mol. The van der Waals surface area contributed by atoms with Gasteiger partial charge in [0.05, 0.1) is 22.5 Å². The number of nitrogens with zero attached hydrogens (tertiary/aromatic N) is 4. The summed E-state index contributed by atoms with van der Waals surface area (Å²) >= 11 is 11.2. The molecule has 2 aromatic carbocycles. The molecule has 1 amide bonds. The van der Waals surface area contributed by atoms with Crippen molar-refractivity contribution < 1.29 is 4.79 Å². The number of anilines is 1. The van der Waals surface area contributed by atoms with Crippen LogP contribution in [0.5, 0.6) is 0 Å². The average molecular weight is 504 g/mol. The summed E-state index contributed by atoms with van der Waals surface area (Å²) in [6.45, 7) is 6.98. The fraction of sp³-hybridized carbons (Fsp3) is 0.227. The van der Waals surface area contributed by atoms with Crippen molar-refractivity contribution in [2.75, 3.05) is 11.4 Å². The molecule has 0 N–H and O–H groups in total. The van der Waals surface area contributed by atoms with Crippen LogP contribution in [-0.2, 0) is 6.54 Å². The number of carbonyl (C=O) groups excluding carboxylic acids is 1. The van der Waals surface area contributed by atoms with Crippen LogP contribution in [0.2, 0.25) is 5.02 Å². The highest BCUT2D eigenvalue weighted by Crippen LogP contribution is 2.34. The maximum absolute atomic E-state index is 13.4. The van der Waals surface area contributed by atoms with Crippen LogP contribution in [0.1, 0.15) is 27.3 Å². The van der Waals surface area contributed by atoms with Gasteiger partial charge in [-0.25, -0.2) is 4.98 Å². The average Bonchev–Trinajstić information content (AvgIpc) is 3.28. The van der Waals surface area contributed by atoms with E-state index < -0.39 is 0 Å². The van der Waals surface area contributed by atoms with Gasteiger partial charge in [-0.1, -0.05) is 38.9 Å². The molecule has 2 aromatic heterocycles. The van der Waals surface area contributed by atoms with Gasteiger partial charge in [0, 0.05) is 27.3 Å². The minimum Gasteiger partial charge on any atom is -0.282 e. The zero-order valence-electron chi connectivity index (χ0n) is 16.8. The van der Waals surface area contributed by atoms with Crippen LogP contribution in [-0.4, -0.2) is 27.2 Å². The Morgan fingerprint density at radius 3 is 2.57 bits per heavy atom. The molecule has 8 heteroatoms. The summed E-state index contributed by atoms with van der Waals surface area (Å²) in [6, 6.07) is 13.2. The first-order valence-electron chi connectivity index (χ1n) is 9.47. The third-order valence-corrected chi connectivity index (χ3v) is 6.92. The molecule has 0 radical (unpaired) electrons. The van der Waals surface area contributed by atoms with Crippen LogP contribution >= 0.6 is 38.9 Å². The topological polar surface area (TPSA) is 51.0 Å². The lowest BCUT2D eigenvalue weighted by atomic mass is 10.2. The fourth-order valence-electron chi connectivity index (χ4n) is 3.33. The lowest BCUT2D eigenvalue weighted by Crippen LogP contribution is -2.34. The minimum atomic E-state index is -0.0909. The van der Waals surface area contributed by atoms with Gasteiger partial charge >= 0.3 is 0 Å². The number of hydrogen-bond acceptors (Lipinski definition) is 4. The quantitative estimate of drug-likeness (QED) is 0.327. The second kappa shape index (κ2) is 8.49. The first kappa shape index (κ1) is 21.0. The van der Waals surface area contributed by atoms with Crippen LogP contribution < -0.4 is 4.90 Å². The van der Waals surface area contributed by atoms with E-state index in [1.54, 1.807) is 4.90 Å². The normalized spacial score (nSPS) is 11.2. The van der Waals surface area contributed by atoms with Crippen molar-refractivity contribution in [3.05, 3.63) is 74.5 Å². The summed E-state index contributed by atoms with van der Waals surface area (Å²) < 4.78 is 3.86. The molecule has 2 heterocycles. The maximum atomic E-state index is 13.4. The number of rotatable bonds is 5. The summed E-state index contributed by atoms with van der Waals surface area (Å²) in [7, 11) is 0. The van der Waals surface area contributed by atoms with E-state index >= 15 is 0 Å². The standard InChI is InChI=1S/C22H20BrClN4OS/c1-13-12-14(2)28(26-13)11-10-27(21(29)16-4-6-17(23)7-5-16)22-25-20-15(3)18(24)8-9-19(20)30-22/h4-9,12H,10-11H2,1-3H3. The van der Waals surface area contributed by atoms with Gasteiger partial charge < -0.3 is 0 Å². The first-order valence-corrected chi connectivity index (χ1v) is 11.5. The Morgan fingerprint density at radius 2 is 1.90 bits per heavy atom. The lowest BCUT2D eigenvalue weighted by Gasteiger charge is -2.20. The molecule has 0 bridgehead atoms. The van der Waals surface area contributed by atoms with E-state index in [4.69, 9.17) is 16.6 Å². The zero-order valence-corrected chi connectivity index (χ0v) is 20.0. The van der Waals surface area contributed by atoms with Crippen molar-refractivity contribution in [1.29, 1.82) is 0 Å². The highest BCUT2D eigenvalue weighted by molar-refractivity contribution is 9.10. The van der Waals surface area contributed by atoms with E-state index in [1.807, 2.05) is 67.9 Å². The molecule has 0 unspecified atom stereocenters. The summed E-state index contributed by atoms with van der Waals surface area (Å²) in [5.41, 5.74) is 4.40. The van der Waals surface area contributed by atoms with Gasteiger partial charge in [0.2, 0.25) is 0 Å². The van der Waals surface area contributed by atoms with Gasteiger partial charge in [-0.3, -0.25) is 14.4 Å². The molecule has 0 aliphatic rings. The second-order valence-electron chi connectivity index (χ2n) is 7.13. The summed E-state index contributed by atoms with van der Waals surface area (Å²) in [5, 5.41) is 5.86. The highest BCUT2D eigenvalue weighted by atomic mass is 79.9. The molecule has 4 rings (SSSR count). The third-order valence-electron chi connectivity index (χ3n) is 4.94. The van der Waals surface area contributed by atoms with Crippen LogP contribution in [0.25, 0.3) is 10.2 Å². The third kappa shape index (κ3) is 4.15. The van der Waals surface area contributed by atoms with Gasteiger partial charge in [-0.05, 0) is 68.8 Å². The Bertz CT molecular complexity index is 1230. The zero-order chi connectivity index (χ0) is 21.4. The molecule has 0 atom stereocenters. The molecule has 0 saturated carbocycles. The van der Waals surface area contributed by atoms with Crippen molar-refractivity contribution in [3.8, 4) is 0 Å². The van der Waals surface area contributed by atoms with Crippen molar-refractivity contribution in [2.45, 2.75) is 27.3 Å². The van der Waals surface area contributed by atoms with Crippen LogP contribution in [0, 0.1) is 20.8 Å². The molecule has 0 saturated heterocycles. The molecular formula is C22H20BrClN4OS. The molecule has 0 aliphatic heterocycles. The van der Waals surface area contributed by atoms with Gasteiger partial charge in [-0.15, -0.1) is 0 Å². The molecular weight excluding hydrogens is 484 g/mol. The largest absolute Gasteiger partial charge is 0.282 e. The van der Waals surface area contributed by atoms with E-state index in [0.717, 1.165) is 31.6 Å². The maximum Gasteiger partial charge on any atom is 0.260 e. The minimum absolute atomic E-state index is 0.0909. The second-order valence-corrected chi connectivity index (χ2v) is 9.46. The summed E-state index contributed by atoms with van der Waals surface area (Å²) in [5.74, 6) is -0.0909. The van der Waals surface area contributed by atoms with Gasteiger partial charge in [0.1, 0.15) is 0 Å². The smallest absolute Gasteiger partial charge is 0.260 e. The first-order chi connectivity index (χ1) is 14.3. The van der Waals surface area contributed by atoms with E-state index in [9.17, 15) is 4.79 Å². The van der Waals surface area contributed by atoms with Crippen molar-refractivity contribution in [2.24, 2.45) is 0 Å².